The summed E-state index contributed by atoms with van der Waals surface area (Å²) in [6.45, 7) is 0. The van der Waals surface area contributed by atoms with Gasteiger partial charge in [-0.1, -0.05) is 42.5 Å². The fraction of sp³-hybridized carbons (Fsp3) is 0.176. The monoisotopic (exact) mass is 234 g/mol. The van der Waals surface area contributed by atoms with Gasteiger partial charge in [0.25, 0.3) is 0 Å². The van der Waals surface area contributed by atoms with E-state index in [1.165, 1.54) is 34.9 Å². The molecule has 1 nitrogen and oxygen atoms in total. The van der Waals surface area contributed by atoms with Crippen LogP contribution in [0.5, 0.6) is 0 Å². The molecule has 0 saturated carbocycles. The molecule has 18 heavy (non-hydrogen) atoms. The highest BCUT2D eigenvalue weighted by atomic mass is 16.3. The lowest BCUT2D eigenvalue weighted by Crippen LogP contribution is -1.94. The molecule has 1 heteroatoms. The maximum absolute atomic E-state index is 5.68. The van der Waals surface area contributed by atoms with Gasteiger partial charge in [-0.25, -0.2) is 0 Å². The molecule has 1 heterocycles. The van der Waals surface area contributed by atoms with Crippen LogP contribution < -0.4 is 0 Å². The van der Waals surface area contributed by atoms with Crippen LogP contribution in [0.15, 0.2) is 59.2 Å². The number of fused-ring (bicyclic) bond motifs is 2. The average Bonchev–Trinajstić information content (AvgIpc) is 3.01. The van der Waals surface area contributed by atoms with Crippen molar-refractivity contribution in [2.45, 2.75) is 18.8 Å². The van der Waals surface area contributed by atoms with Gasteiger partial charge in [0.15, 0.2) is 0 Å². The maximum Gasteiger partial charge on any atom is 0.134 e. The van der Waals surface area contributed by atoms with Gasteiger partial charge in [-0.15, -0.1) is 0 Å². The fourth-order valence-corrected chi connectivity index (χ4v) is 3.15. The Balaban J connectivity index is 1.90. The molecule has 1 aliphatic rings. The standard InChI is InChI=1S/C17H14O/c1-2-6-13-12(5-1)9-10-14(13)16-11-18-17-8-4-3-7-15(16)17/h1-8,11,14H,9-10H2. The van der Waals surface area contributed by atoms with Crippen LogP contribution in [-0.2, 0) is 6.42 Å². The van der Waals surface area contributed by atoms with Crippen LogP contribution >= 0.6 is 0 Å². The van der Waals surface area contributed by atoms with E-state index in [1.54, 1.807) is 0 Å². The normalized spacial score (nSPS) is 18.1. The number of hydrogen-bond donors (Lipinski definition) is 0. The number of benzene rings is 2. The first-order chi connectivity index (χ1) is 8.93. The van der Waals surface area contributed by atoms with Crippen LogP contribution in [-0.4, -0.2) is 0 Å². The van der Waals surface area contributed by atoms with E-state index in [0.29, 0.717) is 5.92 Å². The predicted octanol–water partition coefficient (Wildman–Crippen LogP) is 4.51. The molecule has 1 atom stereocenters. The molecule has 3 aromatic rings. The van der Waals surface area contributed by atoms with Gasteiger partial charge in [-0.05, 0) is 30.0 Å². The van der Waals surface area contributed by atoms with Crippen molar-refractivity contribution in [3.05, 3.63) is 71.5 Å². The van der Waals surface area contributed by atoms with E-state index in [0.717, 1.165) is 5.58 Å². The Morgan fingerprint density at radius 3 is 2.72 bits per heavy atom. The van der Waals surface area contributed by atoms with Crippen molar-refractivity contribution < 1.29 is 4.42 Å². The second kappa shape index (κ2) is 3.74. The number of para-hydroxylation sites is 1. The minimum atomic E-state index is 0.504. The molecule has 0 saturated heterocycles. The molecule has 0 aliphatic heterocycles. The smallest absolute Gasteiger partial charge is 0.134 e. The maximum atomic E-state index is 5.68. The van der Waals surface area contributed by atoms with Gasteiger partial charge in [0.1, 0.15) is 5.58 Å². The van der Waals surface area contributed by atoms with Crippen molar-refractivity contribution in [2.75, 3.05) is 0 Å². The predicted molar refractivity (Wildman–Crippen MR) is 72.8 cm³/mol. The Labute approximate surface area is 106 Å². The third kappa shape index (κ3) is 1.34. The Bertz CT molecular complexity index is 708. The van der Waals surface area contributed by atoms with E-state index in [1.807, 2.05) is 18.4 Å². The molecule has 1 aliphatic carbocycles. The summed E-state index contributed by atoms with van der Waals surface area (Å²) in [5.74, 6) is 0.504. The quantitative estimate of drug-likeness (QED) is 0.603. The Morgan fingerprint density at radius 2 is 1.72 bits per heavy atom. The van der Waals surface area contributed by atoms with Crippen molar-refractivity contribution in [2.24, 2.45) is 0 Å². The van der Waals surface area contributed by atoms with E-state index in [2.05, 4.69) is 36.4 Å². The van der Waals surface area contributed by atoms with Crippen LogP contribution in [0.4, 0.5) is 0 Å². The van der Waals surface area contributed by atoms with E-state index in [4.69, 9.17) is 4.42 Å². The second-order valence-electron chi connectivity index (χ2n) is 4.98. The first-order valence-electron chi connectivity index (χ1n) is 6.47. The Kier molecular flexibility index (Phi) is 2.07. The highest BCUT2D eigenvalue weighted by Crippen LogP contribution is 2.41. The summed E-state index contributed by atoms with van der Waals surface area (Å²) < 4.78 is 5.68. The fourth-order valence-electron chi connectivity index (χ4n) is 3.15. The van der Waals surface area contributed by atoms with Crippen LogP contribution in [0.3, 0.4) is 0 Å². The van der Waals surface area contributed by atoms with Gasteiger partial charge in [0.05, 0.1) is 6.26 Å². The van der Waals surface area contributed by atoms with E-state index >= 15 is 0 Å². The highest BCUT2D eigenvalue weighted by Gasteiger charge is 2.25. The molecular weight excluding hydrogens is 220 g/mol. The SMILES string of the molecule is c1ccc2c(c1)CCC2c1coc2ccccc12. The van der Waals surface area contributed by atoms with Crippen molar-refractivity contribution in [1.82, 2.24) is 0 Å². The molecule has 0 amide bonds. The molecule has 2 aromatic carbocycles. The van der Waals surface area contributed by atoms with Crippen LogP contribution in [0.25, 0.3) is 11.0 Å². The van der Waals surface area contributed by atoms with Gasteiger partial charge < -0.3 is 4.42 Å². The van der Waals surface area contributed by atoms with Gasteiger partial charge in [0.2, 0.25) is 0 Å². The molecule has 88 valence electrons. The minimum Gasteiger partial charge on any atom is -0.464 e. The summed E-state index contributed by atoms with van der Waals surface area (Å²) in [6.07, 6.45) is 4.32. The largest absolute Gasteiger partial charge is 0.464 e. The number of aryl methyl sites for hydroxylation is 1. The van der Waals surface area contributed by atoms with Crippen LogP contribution in [0.2, 0.25) is 0 Å². The van der Waals surface area contributed by atoms with E-state index < -0.39 is 0 Å². The third-order valence-corrected chi connectivity index (χ3v) is 4.02. The summed E-state index contributed by atoms with van der Waals surface area (Å²) in [4.78, 5) is 0. The molecule has 1 aromatic heterocycles. The zero-order valence-electron chi connectivity index (χ0n) is 10.1. The van der Waals surface area contributed by atoms with Crippen molar-refractivity contribution >= 4 is 11.0 Å². The lowest BCUT2D eigenvalue weighted by atomic mass is 9.93. The third-order valence-electron chi connectivity index (χ3n) is 4.02. The van der Waals surface area contributed by atoms with Gasteiger partial charge >= 0.3 is 0 Å². The van der Waals surface area contributed by atoms with Crippen LogP contribution in [0, 0.1) is 0 Å². The average molecular weight is 234 g/mol. The lowest BCUT2D eigenvalue weighted by molar-refractivity contribution is 0.605. The summed E-state index contributed by atoms with van der Waals surface area (Å²) in [6, 6.07) is 17.1. The van der Waals surface area contributed by atoms with Crippen molar-refractivity contribution in [3.8, 4) is 0 Å². The molecular formula is C17H14O. The minimum absolute atomic E-state index is 0.504. The Morgan fingerprint density at radius 1 is 0.889 bits per heavy atom. The topological polar surface area (TPSA) is 13.1 Å². The van der Waals surface area contributed by atoms with Gasteiger partial charge in [-0.2, -0.15) is 0 Å². The summed E-state index contributed by atoms with van der Waals surface area (Å²) in [5, 5.41) is 1.26. The second-order valence-corrected chi connectivity index (χ2v) is 4.98. The molecule has 1 unspecified atom stereocenters. The zero-order chi connectivity index (χ0) is 11.9. The molecule has 0 spiro atoms. The van der Waals surface area contributed by atoms with Crippen molar-refractivity contribution in [3.63, 3.8) is 0 Å². The molecule has 0 radical (unpaired) electrons. The summed E-state index contributed by atoms with van der Waals surface area (Å²) >= 11 is 0. The lowest BCUT2D eigenvalue weighted by Gasteiger charge is -2.09. The van der Waals surface area contributed by atoms with E-state index in [9.17, 15) is 0 Å². The Hall–Kier alpha value is -2.02. The zero-order valence-corrected chi connectivity index (χ0v) is 10.1. The van der Waals surface area contributed by atoms with Crippen LogP contribution in [0.1, 0.15) is 29.0 Å². The molecule has 4 rings (SSSR count). The molecule has 0 bridgehead atoms. The first-order valence-corrected chi connectivity index (χ1v) is 6.47. The van der Waals surface area contributed by atoms with Gasteiger partial charge in [0, 0.05) is 16.9 Å². The highest BCUT2D eigenvalue weighted by molar-refractivity contribution is 5.82. The molecule has 0 N–H and O–H groups in total. The summed E-state index contributed by atoms with van der Waals surface area (Å²) in [7, 11) is 0. The summed E-state index contributed by atoms with van der Waals surface area (Å²) in [5.41, 5.74) is 5.31. The number of hydrogen-bond acceptors (Lipinski definition) is 1. The number of rotatable bonds is 1. The van der Waals surface area contributed by atoms with E-state index in [-0.39, 0.29) is 0 Å². The van der Waals surface area contributed by atoms with Crippen molar-refractivity contribution in [1.29, 1.82) is 0 Å². The number of furan rings is 1. The first kappa shape index (κ1) is 9.95. The van der Waals surface area contributed by atoms with Gasteiger partial charge in [-0.3, -0.25) is 0 Å². The molecule has 0 fully saturated rings.